The third kappa shape index (κ3) is 2.25. The molecular formula is C15H23NO5. The number of amides is 1. The number of carbonyl (C=O) groups is 2. The van der Waals surface area contributed by atoms with Crippen LogP contribution < -0.4 is 0 Å². The summed E-state index contributed by atoms with van der Waals surface area (Å²) in [5.74, 6) is -0.766. The van der Waals surface area contributed by atoms with E-state index in [1.807, 2.05) is 0 Å². The number of ether oxygens (including phenoxy) is 1. The molecule has 0 spiro atoms. The molecule has 1 aliphatic carbocycles. The fourth-order valence-electron chi connectivity index (χ4n) is 4.44. The molecule has 2 saturated heterocycles. The molecule has 6 nitrogen and oxygen atoms in total. The van der Waals surface area contributed by atoms with E-state index in [-0.39, 0.29) is 24.3 Å². The van der Waals surface area contributed by atoms with E-state index in [1.165, 1.54) is 6.92 Å². The van der Waals surface area contributed by atoms with Gasteiger partial charge in [-0.05, 0) is 32.1 Å². The summed E-state index contributed by atoms with van der Waals surface area (Å²) in [6, 6.07) is -0.178. The summed E-state index contributed by atoms with van der Waals surface area (Å²) in [4.78, 5) is 25.6. The summed E-state index contributed by atoms with van der Waals surface area (Å²) in [6.45, 7) is 2.21. The van der Waals surface area contributed by atoms with E-state index < -0.39 is 23.7 Å². The molecule has 0 aromatic carbocycles. The van der Waals surface area contributed by atoms with Gasteiger partial charge in [0, 0.05) is 19.4 Å². The number of carbonyl (C=O) groups excluding carboxylic acids is 2. The minimum Gasteiger partial charge on any atom is -0.456 e. The predicted octanol–water partition coefficient (Wildman–Crippen LogP) is 0.205. The predicted molar refractivity (Wildman–Crippen MR) is 73.2 cm³/mol. The molecule has 2 N–H and O–H groups in total. The van der Waals surface area contributed by atoms with E-state index in [0.717, 1.165) is 19.3 Å². The van der Waals surface area contributed by atoms with Crippen LogP contribution in [0.15, 0.2) is 0 Å². The van der Waals surface area contributed by atoms with Gasteiger partial charge < -0.3 is 19.8 Å². The van der Waals surface area contributed by atoms with E-state index in [4.69, 9.17) is 4.74 Å². The molecule has 118 valence electrons. The number of nitrogens with zero attached hydrogens (tertiary/aromatic N) is 1. The number of aliphatic hydroxyl groups excluding tert-OH is 2. The van der Waals surface area contributed by atoms with Crippen LogP contribution in [0.2, 0.25) is 0 Å². The summed E-state index contributed by atoms with van der Waals surface area (Å²) in [6.07, 6.45) is 1.98. The molecular weight excluding hydrogens is 274 g/mol. The minimum atomic E-state index is -0.957. The molecule has 3 rings (SSSR count). The maximum atomic E-state index is 11.9. The first-order valence-electron chi connectivity index (χ1n) is 7.81. The third-order valence-electron chi connectivity index (χ3n) is 5.43. The number of likely N-dealkylation sites (tertiary alicyclic amines) is 1. The Morgan fingerprint density at radius 1 is 1.33 bits per heavy atom. The summed E-state index contributed by atoms with van der Waals surface area (Å²) < 4.78 is 5.69. The van der Waals surface area contributed by atoms with Crippen molar-refractivity contribution in [1.82, 2.24) is 4.90 Å². The van der Waals surface area contributed by atoms with E-state index in [0.29, 0.717) is 19.4 Å². The summed E-state index contributed by atoms with van der Waals surface area (Å²) in [7, 11) is 0. The van der Waals surface area contributed by atoms with Crippen LogP contribution in [0.4, 0.5) is 0 Å². The highest BCUT2D eigenvalue weighted by Crippen LogP contribution is 2.49. The van der Waals surface area contributed by atoms with Gasteiger partial charge >= 0.3 is 5.97 Å². The molecule has 3 aliphatic rings. The quantitative estimate of drug-likeness (QED) is 0.675. The van der Waals surface area contributed by atoms with Gasteiger partial charge in [-0.15, -0.1) is 0 Å². The van der Waals surface area contributed by atoms with Gasteiger partial charge in [0.05, 0.1) is 24.7 Å². The summed E-state index contributed by atoms with van der Waals surface area (Å²) >= 11 is 0. The van der Waals surface area contributed by atoms with Gasteiger partial charge in [-0.1, -0.05) is 0 Å². The van der Waals surface area contributed by atoms with Crippen LogP contribution in [0.1, 0.15) is 45.4 Å². The standard InChI is InChI=1S/C15H23NO5/c1-9(17)16-7-3-2-4-12(16)15-6-5-11(18)14(20)10(15)8-13(19)21-15/h10-12,14,18,20H,2-8H2,1H3/t10-,11+,12-,14-,15+/m1/s1. The Bertz CT molecular complexity index is 453. The maximum Gasteiger partial charge on any atom is 0.306 e. The van der Waals surface area contributed by atoms with Crippen LogP contribution in [0.5, 0.6) is 0 Å². The highest BCUT2D eigenvalue weighted by Gasteiger charge is 2.61. The molecule has 3 fully saturated rings. The van der Waals surface area contributed by atoms with Crippen LogP contribution in [0.3, 0.4) is 0 Å². The molecule has 1 saturated carbocycles. The van der Waals surface area contributed by atoms with Crippen LogP contribution in [0.25, 0.3) is 0 Å². The number of aliphatic hydroxyl groups is 2. The highest BCUT2D eigenvalue weighted by molar-refractivity contribution is 5.76. The second-order valence-electron chi connectivity index (χ2n) is 6.56. The zero-order valence-corrected chi connectivity index (χ0v) is 12.3. The number of hydrogen-bond acceptors (Lipinski definition) is 5. The normalized spacial score (nSPS) is 43.4. The van der Waals surface area contributed by atoms with E-state index in [2.05, 4.69) is 0 Å². The average molecular weight is 297 g/mol. The summed E-state index contributed by atoms with van der Waals surface area (Å²) in [5.41, 5.74) is -0.818. The van der Waals surface area contributed by atoms with Crippen molar-refractivity contribution in [3.63, 3.8) is 0 Å². The lowest BCUT2D eigenvalue weighted by atomic mass is 9.67. The van der Waals surface area contributed by atoms with Crippen molar-refractivity contribution in [3.05, 3.63) is 0 Å². The van der Waals surface area contributed by atoms with Gasteiger partial charge in [-0.25, -0.2) is 0 Å². The van der Waals surface area contributed by atoms with Crippen LogP contribution in [-0.4, -0.2) is 57.4 Å². The molecule has 2 heterocycles. The molecule has 0 radical (unpaired) electrons. The van der Waals surface area contributed by atoms with Gasteiger partial charge in [0.2, 0.25) is 5.91 Å². The molecule has 0 unspecified atom stereocenters. The largest absolute Gasteiger partial charge is 0.456 e. The molecule has 0 bridgehead atoms. The van der Waals surface area contributed by atoms with E-state index >= 15 is 0 Å². The third-order valence-corrected chi connectivity index (χ3v) is 5.43. The molecule has 21 heavy (non-hydrogen) atoms. The SMILES string of the molecule is CC(=O)N1CCCC[C@@H]1[C@]12CC[C@H](O)[C@H](O)[C@H]1CC(=O)O2. The Labute approximate surface area is 124 Å². The van der Waals surface area contributed by atoms with Crippen molar-refractivity contribution in [2.24, 2.45) is 5.92 Å². The molecule has 1 amide bonds. The lowest BCUT2D eigenvalue weighted by Crippen LogP contribution is -2.63. The van der Waals surface area contributed by atoms with Crippen molar-refractivity contribution >= 4 is 11.9 Å². The van der Waals surface area contributed by atoms with Crippen LogP contribution >= 0.6 is 0 Å². The zero-order valence-electron chi connectivity index (χ0n) is 12.3. The van der Waals surface area contributed by atoms with Gasteiger partial charge in [0.15, 0.2) is 0 Å². The number of hydrogen-bond donors (Lipinski definition) is 2. The van der Waals surface area contributed by atoms with Crippen LogP contribution in [0, 0.1) is 5.92 Å². The monoisotopic (exact) mass is 297 g/mol. The number of rotatable bonds is 1. The average Bonchev–Trinajstić information content (AvgIpc) is 2.81. The Morgan fingerprint density at radius 3 is 2.81 bits per heavy atom. The maximum absolute atomic E-state index is 11.9. The molecule has 0 aromatic rings. The van der Waals surface area contributed by atoms with Gasteiger partial charge in [0.1, 0.15) is 5.60 Å². The fourth-order valence-corrected chi connectivity index (χ4v) is 4.44. The first-order chi connectivity index (χ1) is 9.95. The Balaban J connectivity index is 1.96. The molecule has 2 aliphatic heterocycles. The Hall–Kier alpha value is -1.14. The lowest BCUT2D eigenvalue weighted by molar-refractivity contribution is -0.184. The zero-order chi connectivity index (χ0) is 15.2. The van der Waals surface area contributed by atoms with Gasteiger partial charge in [-0.2, -0.15) is 0 Å². The Kier molecular flexibility index (Phi) is 3.69. The van der Waals surface area contributed by atoms with Gasteiger partial charge in [0.25, 0.3) is 0 Å². The van der Waals surface area contributed by atoms with Crippen molar-refractivity contribution in [2.45, 2.75) is 69.3 Å². The lowest BCUT2D eigenvalue weighted by Gasteiger charge is -2.51. The van der Waals surface area contributed by atoms with Crippen molar-refractivity contribution in [3.8, 4) is 0 Å². The minimum absolute atomic E-state index is 0.0172. The summed E-state index contributed by atoms with van der Waals surface area (Å²) in [5, 5.41) is 20.2. The van der Waals surface area contributed by atoms with Gasteiger partial charge in [-0.3, -0.25) is 9.59 Å². The smallest absolute Gasteiger partial charge is 0.306 e. The molecule has 5 atom stereocenters. The second kappa shape index (κ2) is 5.25. The van der Waals surface area contributed by atoms with Crippen molar-refractivity contribution in [2.75, 3.05) is 6.54 Å². The van der Waals surface area contributed by atoms with Crippen molar-refractivity contribution in [1.29, 1.82) is 0 Å². The topological polar surface area (TPSA) is 87.1 Å². The Morgan fingerprint density at radius 2 is 2.10 bits per heavy atom. The van der Waals surface area contributed by atoms with Crippen molar-refractivity contribution < 1.29 is 24.5 Å². The second-order valence-corrected chi connectivity index (χ2v) is 6.56. The first-order valence-corrected chi connectivity index (χ1v) is 7.81. The number of piperidine rings is 1. The van der Waals surface area contributed by atoms with Crippen LogP contribution in [-0.2, 0) is 14.3 Å². The number of fused-ring (bicyclic) bond motifs is 1. The first kappa shape index (κ1) is 14.8. The number of esters is 1. The van der Waals surface area contributed by atoms with E-state index in [9.17, 15) is 19.8 Å². The molecule has 0 aromatic heterocycles. The van der Waals surface area contributed by atoms with E-state index in [1.54, 1.807) is 4.90 Å². The molecule has 6 heteroatoms. The fraction of sp³-hybridized carbons (Fsp3) is 0.867. The highest BCUT2D eigenvalue weighted by atomic mass is 16.6.